The maximum absolute atomic E-state index is 13.1. The molecule has 0 spiro atoms. The first-order chi connectivity index (χ1) is 11.3. The summed E-state index contributed by atoms with van der Waals surface area (Å²) < 4.78 is 215. The molecule has 0 aliphatic heterocycles. The highest BCUT2D eigenvalue weighted by Crippen LogP contribution is 2.64. The smallest absolute Gasteiger partial charge is 0.200 e. The lowest BCUT2D eigenvalue weighted by atomic mass is 9.88. The van der Waals surface area contributed by atoms with Crippen molar-refractivity contribution < 1.29 is 74.6 Å². The molecule has 0 saturated heterocycles. The van der Waals surface area contributed by atoms with Crippen LogP contribution in [-0.2, 0) is 0 Å². The number of hydrogen-bond donors (Lipinski definition) is 0. The Bertz CT molecular complexity index is 538. The van der Waals surface area contributed by atoms with Crippen molar-refractivity contribution in [3.8, 4) is 0 Å². The van der Waals surface area contributed by atoms with Gasteiger partial charge in [0, 0.05) is 6.42 Å². The number of hydrogen-bond acceptors (Lipinski definition) is 0. The van der Waals surface area contributed by atoms with Crippen molar-refractivity contribution >= 4 is 0 Å². The van der Waals surface area contributed by atoms with E-state index >= 15 is 0 Å². The van der Waals surface area contributed by atoms with Crippen LogP contribution in [0.3, 0.4) is 0 Å². The summed E-state index contributed by atoms with van der Waals surface area (Å²) in [7, 11) is 0. The van der Waals surface area contributed by atoms with E-state index in [0.29, 0.717) is 0 Å². The van der Waals surface area contributed by atoms with Crippen LogP contribution in [0.15, 0.2) is 0 Å². The van der Waals surface area contributed by atoms with Crippen LogP contribution in [-0.4, -0.2) is 47.6 Å². The molecule has 17 heteroatoms. The Morgan fingerprint density at radius 3 is 0.815 bits per heavy atom. The van der Waals surface area contributed by atoms with E-state index in [9.17, 15) is 74.6 Å². The summed E-state index contributed by atoms with van der Waals surface area (Å²) in [6.45, 7) is -0.0628. The van der Waals surface area contributed by atoms with Crippen molar-refractivity contribution in [1.29, 1.82) is 0 Å². The minimum atomic E-state index is -8.56. The van der Waals surface area contributed by atoms with Crippen LogP contribution in [0, 0.1) is 0 Å². The maximum Gasteiger partial charge on any atom is 0.460 e. The van der Waals surface area contributed by atoms with Crippen molar-refractivity contribution in [3.63, 3.8) is 0 Å². The highest BCUT2D eigenvalue weighted by Gasteiger charge is 2.95. The minimum absolute atomic E-state index is 0.0628. The van der Waals surface area contributed by atoms with Gasteiger partial charge in [-0.1, -0.05) is 6.92 Å². The molecule has 0 aromatic rings. The fourth-order valence-corrected chi connectivity index (χ4v) is 1.42. The predicted molar refractivity (Wildman–Crippen MR) is 51.0 cm³/mol. The largest absolute Gasteiger partial charge is 0.460 e. The van der Waals surface area contributed by atoms with E-state index < -0.39 is 54.1 Å². The van der Waals surface area contributed by atoms with Gasteiger partial charge in [-0.25, -0.2) is 0 Å². The first-order valence-electron chi connectivity index (χ1n) is 6.02. The van der Waals surface area contributed by atoms with Gasteiger partial charge < -0.3 is 0 Å². The van der Waals surface area contributed by atoms with E-state index in [-0.39, 0.29) is 6.92 Å². The molecule has 0 saturated carbocycles. The lowest BCUT2D eigenvalue weighted by molar-refractivity contribution is -0.461. The predicted octanol–water partition coefficient (Wildman–Crippen LogP) is 6.41. The Kier molecular flexibility index (Phi) is 5.88. The zero-order chi connectivity index (χ0) is 22.7. The highest BCUT2D eigenvalue weighted by atomic mass is 19.4. The van der Waals surface area contributed by atoms with Gasteiger partial charge in [-0.15, -0.1) is 0 Å². The second-order valence-electron chi connectivity index (χ2n) is 5.00. The van der Waals surface area contributed by atoms with Crippen molar-refractivity contribution in [2.24, 2.45) is 0 Å². The van der Waals surface area contributed by atoms with Crippen LogP contribution in [0.1, 0.15) is 13.3 Å². The van der Waals surface area contributed by atoms with Crippen LogP contribution in [0.5, 0.6) is 0 Å². The monoisotopic (exact) mass is 448 g/mol. The summed E-state index contributed by atoms with van der Waals surface area (Å²) in [5, 5.41) is 0. The van der Waals surface area contributed by atoms with Crippen molar-refractivity contribution in [1.82, 2.24) is 0 Å². The molecule has 0 rings (SSSR count). The molecule has 0 unspecified atom stereocenters. The van der Waals surface area contributed by atoms with Crippen LogP contribution in [0.4, 0.5) is 74.6 Å². The Hall–Kier alpha value is -1.19. The van der Waals surface area contributed by atoms with Crippen LogP contribution < -0.4 is 0 Å². The van der Waals surface area contributed by atoms with Gasteiger partial charge >= 0.3 is 47.6 Å². The Morgan fingerprint density at radius 1 is 0.370 bits per heavy atom. The Morgan fingerprint density at radius 2 is 0.593 bits per heavy atom. The number of halogens is 17. The summed E-state index contributed by atoms with van der Waals surface area (Å²) in [6.07, 6.45) is -10.2. The van der Waals surface area contributed by atoms with Gasteiger partial charge in [-0.05, 0) is 0 Å². The Labute approximate surface area is 137 Å². The van der Waals surface area contributed by atoms with Gasteiger partial charge in [-0.2, -0.15) is 74.6 Å². The van der Waals surface area contributed by atoms with E-state index in [4.69, 9.17) is 0 Å². The standard InChI is InChI=1S/C10H5F17/c1-2-3(11,12)4(13,14)5(15,16)6(17,18)7(19,20)8(21,22)9(23,24)10(25,26)27/h2H2,1H3. The summed E-state index contributed by atoms with van der Waals surface area (Å²) in [4.78, 5) is 0. The molecule has 0 atom stereocenters. The van der Waals surface area contributed by atoms with Crippen molar-refractivity contribution in [3.05, 3.63) is 0 Å². The van der Waals surface area contributed by atoms with Crippen molar-refractivity contribution in [2.45, 2.75) is 61.0 Å². The van der Waals surface area contributed by atoms with Gasteiger partial charge in [0.15, 0.2) is 0 Å². The average Bonchev–Trinajstić information content (AvgIpc) is 2.44. The molecule has 0 aliphatic carbocycles. The molecule has 0 N–H and O–H groups in total. The Balaban J connectivity index is 6.65. The lowest BCUT2D eigenvalue weighted by Gasteiger charge is -2.42. The minimum Gasteiger partial charge on any atom is -0.200 e. The van der Waals surface area contributed by atoms with Crippen LogP contribution in [0.25, 0.3) is 0 Å². The maximum atomic E-state index is 13.1. The molecule has 0 amide bonds. The first kappa shape index (κ1) is 25.8. The van der Waals surface area contributed by atoms with E-state index in [1.807, 2.05) is 0 Å². The third-order valence-electron chi connectivity index (χ3n) is 3.23. The average molecular weight is 448 g/mol. The van der Waals surface area contributed by atoms with Gasteiger partial charge in [0.1, 0.15) is 0 Å². The zero-order valence-corrected chi connectivity index (χ0v) is 12.1. The molecule has 0 heterocycles. The van der Waals surface area contributed by atoms with E-state index in [1.54, 1.807) is 0 Å². The molecule has 164 valence electrons. The lowest BCUT2D eigenvalue weighted by Crippen LogP contribution is -2.74. The number of rotatable bonds is 7. The summed E-state index contributed by atoms with van der Waals surface area (Å²) in [5.41, 5.74) is 0. The van der Waals surface area contributed by atoms with E-state index in [0.717, 1.165) is 0 Å². The highest BCUT2D eigenvalue weighted by molar-refractivity contribution is 5.14. The fourth-order valence-electron chi connectivity index (χ4n) is 1.42. The fraction of sp³-hybridized carbons (Fsp3) is 1.00. The molecular weight excluding hydrogens is 443 g/mol. The summed E-state index contributed by atoms with van der Waals surface area (Å²) in [5.74, 6) is -55.6. The quantitative estimate of drug-likeness (QED) is 0.396. The molecule has 27 heavy (non-hydrogen) atoms. The SMILES string of the molecule is CCC(F)(F)C(F)(F)C(F)(F)C(F)(F)C(F)(F)C(F)(F)C(F)(F)C(F)(F)F. The third kappa shape index (κ3) is 3.07. The molecule has 0 aromatic heterocycles. The van der Waals surface area contributed by atoms with Crippen LogP contribution >= 0.6 is 0 Å². The molecule has 0 nitrogen and oxygen atoms in total. The normalized spacial score (nSPS) is 16.7. The van der Waals surface area contributed by atoms with E-state index in [1.165, 1.54) is 0 Å². The molecule has 0 fully saturated rings. The third-order valence-corrected chi connectivity index (χ3v) is 3.23. The second-order valence-corrected chi connectivity index (χ2v) is 5.00. The molecule has 0 bridgehead atoms. The summed E-state index contributed by atoms with van der Waals surface area (Å²) >= 11 is 0. The molecular formula is C10H5F17. The zero-order valence-electron chi connectivity index (χ0n) is 12.1. The second kappa shape index (κ2) is 6.15. The summed E-state index contributed by atoms with van der Waals surface area (Å²) in [6, 6.07) is 0. The molecule has 0 aromatic carbocycles. The van der Waals surface area contributed by atoms with Gasteiger partial charge in [0.25, 0.3) is 0 Å². The van der Waals surface area contributed by atoms with Gasteiger partial charge in [0.2, 0.25) is 0 Å². The topological polar surface area (TPSA) is 0 Å². The van der Waals surface area contributed by atoms with Gasteiger partial charge in [-0.3, -0.25) is 0 Å². The number of alkyl halides is 17. The first-order valence-corrected chi connectivity index (χ1v) is 6.02. The van der Waals surface area contributed by atoms with Gasteiger partial charge in [0.05, 0.1) is 0 Å². The van der Waals surface area contributed by atoms with Crippen LogP contribution in [0.2, 0.25) is 0 Å². The molecule has 0 aliphatic rings. The molecule has 0 radical (unpaired) electrons. The van der Waals surface area contributed by atoms with Crippen molar-refractivity contribution in [2.75, 3.05) is 0 Å². The van der Waals surface area contributed by atoms with E-state index in [2.05, 4.69) is 0 Å².